The monoisotopic (exact) mass is 276 g/mol. The van der Waals surface area contributed by atoms with Crippen LogP contribution in [0.5, 0.6) is 0 Å². The Hall–Kier alpha value is -2.07. The summed E-state index contributed by atoms with van der Waals surface area (Å²) in [7, 11) is 0. The summed E-state index contributed by atoms with van der Waals surface area (Å²) in [5, 5.41) is 4.68. The van der Waals surface area contributed by atoms with Gasteiger partial charge in [0.25, 0.3) is 0 Å². The molecule has 0 atom stereocenters. The first-order valence-corrected chi connectivity index (χ1v) is 6.20. The van der Waals surface area contributed by atoms with E-state index in [-0.39, 0.29) is 5.97 Å². The van der Waals surface area contributed by atoms with Gasteiger partial charge < -0.3 is 4.74 Å². The predicted octanol–water partition coefficient (Wildman–Crippen LogP) is 2.79. The summed E-state index contributed by atoms with van der Waals surface area (Å²) in [6.07, 6.45) is 6.58. The number of halogens is 1. The minimum absolute atomic E-state index is 0.297. The Balaban J connectivity index is 1.76. The van der Waals surface area contributed by atoms with Crippen LogP contribution in [0.1, 0.15) is 5.56 Å². The molecule has 2 rings (SSSR count). The zero-order valence-corrected chi connectivity index (χ0v) is 11.0. The molecule has 19 heavy (non-hydrogen) atoms. The Bertz CT molecular complexity index is 547. The van der Waals surface area contributed by atoms with Gasteiger partial charge in [-0.05, 0) is 29.8 Å². The Labute approximate surface area is 116 Å². The van der Waals surface area contributed by atoms with Gasteiger partial charge in [0.2, 0.25) is 0 Å². The van der Waals surface area contributed by atoms with Gasteiger partial charge in [0.05, 0.1) is 6.54 Å². The molecule has 0 aliphatic heterocycles. The Kier molecular flexibility index (Phi) is 4.75. The molecule has 0 spiro atoms. The van der Waals surface area contributed by atoms with Crippen molar-refractivity contribution in [3.05, 3.63) is 59.4 Å². The maximum absolute atomic E-state index is 11.4. The van der Waals surface area contributed by atoms with Crippen LogP contribution in [0.2, 0.25) is 5.02 Å². The SMILES string of the molecule is O=C(/C=C/c1ccc(Cl)cc1)OCCn1cccn1. The van der Waals surface area contributed by atoms with Crippen molar-refractivity contribution >= 4 is 23.6 Å². The molecule has 0 bridgehead atoms. The molecule has 1 aromatic heterocycles. The van der Waals surface area contributed by atoms with Crippen molar-refractivity contribution < 1.29 is 9.53 Å². The number of esters is 1. The molecule has 0 saturated carbocycles. The number of benzene rings is 1. The molecule has 2 aromatic rings. The number of carbonyl (C=O) groups excluding carboxylic acids is 1. The quantitative estimate of drug-likeness (QED) is 0.623. The molecule has 0 N–H and O–H groups in total. The van der Waals surface area contributed by atoms with Crippen molar-refractivity contribution in [1.29, 1.82) is 0 Å². The number of aromatic nitrogens is 2. The summed E-state index contributed by atoms with van der Waals surface area (Å²) in [5.74, 6) is -0.373. The van der Waals surface area contributed by atoms with Crippen molar-refractivity contribution in [2.24, 2.45) is 0 Å². The molecule has 0 saturated heterocycles. The minimum Gasteiger partial charge on any atom is -0.461 e. The van der Waals surface area contributed by atoms with Gasteiger partial charge in [-0.1, -0.05) is 23.7 Å². The van der Waals surface area contributed by atoms with E-state index in [0.717, 1.165) is 5.56 Å². The first-order valence-electron chi connectivity index (χ1n) is 5.82. The molecule has 0 aliphatic rings. The Morgan fingerprint density at radius 2 is 2.16 bits per heavy atom. The average molecular weight is 277 g/mol. The van der Waals surface area contributed by atoms with Crippen LogP contribution in [0, 0.1) is 0 Å². The summed E-state index contributed by atoms with van der Waals surface area (Å²) < 4.78 is 6.75. The lowest BCUT2D eigenvalue weighted by Crippen LogP contribution is -2.09. The summed E-state index contributed by atoms with van der Waals surface area (Å²) in [5.41, 5.74) is 0.897. The van der Waals surface area contributed by atoms with Crippen molar-refractivity contribution in [2.75, 3.05) is 6.61 Å². The maximum Gasteiger partial charge on any atom is 0.330 e. The molecule has 4 nitrogen and oxygen atoms in total. The summed E-state index contributed by atoms with van der Waals surface area (Å²) in [6, 6.07) is 9.02. The maximum atomic E-state index is 11.4. The second kappa shape index (κ2) is 6.75. The van der Waals surface area contributed by atoms with Crippen molar-refractivity contribution in [2.45, 2.75) is 6.54 Å². The Morgan fingerprint density at radius 3 is 2.84 bits per heavy atom. The van der Waals surface area contributed by atoms with Gasteiger partial charge in [0, 0.05) is 23.5 Å². The second-order valence-electron chi connectivity index (χ2n) is 3.82. The number of nitrogens with zero attached hydrogens (tertiary/aromatic N) is 2. The molecule has 0 aliphatic carbocycles. The van der Waals surface area contributed by atoms with E-state index < -0.39 is 0 Å². The van der Waals surface area contributed by atoms with E-state index in [9.17, 15) is 4.79 Å². The van der Waals surface area contributed by atoms with Gasteiger partial charge in [-0.15, -0.1) is 0 Å². The summed E-state index contributed by atoms with van der Waals surface area (Å²) in [6.45, 7) is 0.846. The van der Waals surface area contributed by atoms with Crippen LogP contribution in [0.15, 0.2) is 48.8 Å². The molecule has 5 heteroatoms. The highest BCUT2D eigenvalue weighted by atomic mass is 35.5. The smallest absolute Gasteiger partial charge is 0.330 e. The molecule has 98 valence electrons. The number of hydrogen-bond acceptors (Lipinski definition) is 3. The third-order valence-corrected chi connectivity index (χ3v) is 2.66. The zero-order valence-electron chi connectivity index (χ0n) is 10.2. The lowest BCUT2D eigenvalue weighted by atomic mass is 10.2. The van der Waals surface area contributed by atoms with Crippen LogP contribution in [0.4, 0.5) is 0 Å². The summed E-state index contributed by atoms with van der Waals surface area (Å²) in [4.78, 5) is 11.4. The lowest BCUT2D eigenvalue weighted by molar-refractivity contribution is -0.138. The first kappa shape index (κ1) is 13.4. The fourth-order valence-electron chi connectivity index (χ4n) is 1.46. The molecule has 0 fully saturated rings. The van der Waals surface area contributed by atoms with E-state index in [2.05, 4.69) is 5.10 Å². The standard InChI is InChI=1S/C14H13ClN2O2/c15-13-5-2-12(3-6-13)4-7-14(18)19-11-10-17-9-1-8-16-17/h1-9H,10-11H2/b7-4+. The predicted molar refractivity (Wildman–Crippen MR) is 73.7 cm³/mol. The normalized spacial score (nSPS) is 10.8. The van der Waals surface area contributed by atoms with E-state index in [1.807, 2.05) is 24.4 Å². The van der Waals surface area contributed by atoms with E-state index in [4.69, 9.17) is 16.3 Å². The van der Waals surface area contributed by atoms with Gasteiger partial charge >= 0.3 is 5.97 Å². The number of ether oxygens (including phenoxy) is 1. The topological polar surface area (TPSA) is 44.1 Å². The van der Waals surface area contributed by atoms with Crippen LogP contribution < -0.4 is 0 Å². The zero-order chi connectivity index (χ0) is 13.5. The Morgan fingerprint density at radius 1 is 1.37 bits per heavy atom. The largest absolute Gasteiger partial charge is 0.461 e. The van der Waals surface area contributed by atoms with E-state index >= 15 is 0 Å². The lowest BCUT2D eigenvalue weighted by Gasteiger charge is -2.02. The highest BCUT2D eigenvalue weighted by Gasteiger charge is 1.97. The summed E-state index contributed by atoms with van der Waals surface area (Å²) >= 11 is 5.77. The molecular formula is C14H13ClN2O2. The molecule has 1 heterocycles. The third-order valence-electron chi connectivity index (χ3n) is 2.41. The van der Waals surface area contributed by atoms with Crippen LogP contribution in [-0.4, -0.2) is 22.4 Å². The second-order valence-corrected chi connectivity index (χ2v) is 4.26. The van der Waals surface area contributed by atoms with E-state index in [1.54, 1.807) is 29.1 Å². The highest BCUT2D eigenvalue weighted by molar-refractivity contribution is 6.30. The molecule has 0 radical (unpaired) electrons. The van der Waals surface area contributed by atoms with Crippen molar-refractivity contribution in [1.82, 2.24) is 9.78 Å². The highest BCUT2D eigenvalue weighted by Crippen LogP contribution is 2.10. The van der Waals surface area contributed by atoms with Gasteiger partial charge in [0.1, 0.15) is 6.61 Å². The van der Waals surface area contributed by atoms with Gasteiger partial charge in [-0.3, -0.25) is 4.68 Å². The number of rotatable bonds is 5. The molecule has 0 amide bonds. The van der Waals surface area contributed by atoms with Crippen LogP contribution >= 0.6 is 11.6 Å². The van der Waals surface area contributed by atoms with Gasteiger partial charge in [0.15, 0.2) is 0 Å². The van der Waals surface area contributed by atoms with Crippen molar-refractivity contribution in [3.8, 4) is 0 Å². The van der Waals surface area contributed by atoms with E-state index in [0.29, 0.717) is 18.2 Å². The average Bonchev–Trinajstić information content (AvgIpc) is 2.91. The molecule has 0 unspecified atom stereocenters. The fourth-order valence-corrected chi connectivity index (χ4v) is 1.58. The number of carbonyl (C=O) groups is 1. The van der Waals surface area contributed by atoms with Crippen LogP contribution in [0.25, 0.3) is 6.08 Å². The first-order chi connectivity index (χ1) is 9.24. The third kappa shape index (κ3) is 4.60. The van der Waals surface area contributed by atoms with E-state index in [1.165, 1.54) is 6.08 Å². The van der Waals surface area contributed by atoms with Gasteiger partial charge in [-0.25, -0.2) is 4.79 Å². The van der Waals surface area contributed by atoms with Crippen molar-refractivity contribution in [3.63, 3.8) is 0 Å². The van der Waals surface area contributed by atoms with Crippen LogP contribution in [0.3, 0.4) is 0 Å². The number of hydrogen-bond donors (Lipinski definition) is 0. The fraction of sp³-hybridized carbons (Fsp3) is 0.143. The minimum atomic E-state index is -0.373. The molecule has 1 aromatic carbocycles. The van der Waals surface area contributed by atoms with Crippen LogP contribution in [-0.2, 0) is 16.1 Å². The molecular weight excluding hydrogens is 264 g/mol. The van der Waals surface area contributed by atoms with Gasteiger partial charge in [-0.2, -0.15) is 5.10 Å².